The molecule has 21 heavy (non-hydrogen) atoms. The van der Waals surface area contributed by atoms with Crippen molar-refractivity contribution >= 4 is 35.6 Å². The van der Waals surface area contributed by atoms with Gasteiger partial charge in [-0.15, -0.1) is 0 Å². The highest BCUT2D eigenvalue weighted by atomic mass is 32.2. The molecular formula is C12H19N3O5S. The highest BCUT2D eigenvalue weighted by Gasteiger charge is 2.33. The normalized spacial score (nSPS) is 20.1. The van der Waals surface area contributed by atoms with Gasteiger partial charge in [-0.05, 0) is 24.9 Å². The lowest BCUT2D eigenvalue weighted by Gasteiger charge is -2.28. The molecule has 0 aromatic rings. The molecular weight excluding hydrogens is 298 g/mol. The average molecular weight is 317 g/mol. The topological polar surface area (TPSA) is 116 Å². The van der Waals surface area contributed by atoms with Crippen molar-refractivity contribution in [3.05, 3.63) is 0 Å². The van der Waals surface area contributed by atoms with E-state index in [-0.39, 0.29) is 18.7 Å². The Balaban J connectivity index is 2.54. The summed E-state index contributed by atoms with van der Waals surface area (Å²) in [6.07, 6.45) is 2.52. The Morgan fingerprint density at radius 2 is 2.14 bits per heavy atom. The van der Waals surface area contributed by atoms with Crippen LogP contribution in [0.5, 0.6) is 0 Å². The number of imide groups is 1. The highest BCUT2D eigenvalue weighted by Crippen LogP contribution is 2.11. The summed E-state index contributed by atoms with van der Waals surface area (Å²) in [7, 11) is 1.36. The number of aliphatic carboxylic acids is 1. The maximum absolute atomic E-state index is 11.8. The first-order chi connectivity index (χ1) is 9.86. The van der Waals surface area contributed by atoms with E-state index >= 15 is 0 Å². The van der Waals surface area contributed by atoms with E-state index < -0.39 is 30.0 Å². The summed E-state index contributed by atoms with van der Waals surface area (Å²) in [5.74, 6) is -1.31. The molecule has 118 valence electrons. The minimum atomic E-state index is -1.12. The third-order valence-electron chi connectivity index (χ3n) is 3.17. The monoisotopic (exact) mass is 317 g/mol. The SMILES string of the molecule is CSCC[C@H](NC(=O)NC1CCC(=O)N(C)C1=O)C(=O)O. The predicted molar refractivity (Wildman–Crippen MR) is 76.9 cm³/mol. The number of piperidine rings is 1. The van der Waals surface area contributed by atoms with Gasteiger partial charge in [0, 0.05) is 13.5 Å². The summed E-state index contributed by atoms with van der Waals surface area (Å²) in [5, 5.41) is 13.8. The van der Waals surface area contributed by atoms with Crippen LogP contribution in [0.4, 0.5) is 4.79 Å². The van der Waals surface area contributed by atoms with E-state index in [1.807, 2.05) is 6.26 Å². The number of likely N-dealkylation sites (tertiary alicyclic amines) is 1. The number of carboxylic acids is 1. The van der Waals surface area contributed by atoms with Crippen molar-refractivity contribution in [3.63, 3.8) is 0 Å². The molecule has 3 N–H and O–H groups in total. The number of carbonyl (C=O) groups is 4. The molecule has 0 saturated carbocycles. The van der Waals surface area contributed by atoms with Crippen LogP contribution in [0.1, 0.15) is 19.3 Å². The molecule has 0 spiro atoms. The van der Waals surface area contributed by atoms with Gasteiger partial charge in [-0.1, -0.05) is 0 Å². The van der Waals surface area contributed by atoms with Crippen LogP contribution >= 0.6 is 11.8 Å². The lowest BCUT2D eigenvalue weighted by Crippen LogP contribution is -2.56. The van der Waals surface area contributed by atoms with Crippen molar-refractivity contribution in [2.45, 2.75) is 31.3 Å². The van der Waals surface area contributed by atoms with Crippen LogP contribution < -0.4 is 10.6 Å². The van der Waals surface area contributed by atoms with Gasteiger partial charge in [0.25, 0.3) is 5.91 Å². The number of hydrogen-bond donors (Lipinski definition) is 3. The molecule has 9 heteroatoms. The van der Waals surface area contributed by atoms with Crippen molar-refractivity contribution < 1.29 is 24.3 Å². The number of nitrogens with zero attached hydrogens (tertiary/aromatic N) is 1. The lowest BCUT2D eigenvalue weighted by molar-refractivity contribution is -0.147. The third kappa shape index (κ3) is 4.92. The molecule has 1 unspecified atom stereocenters. The third-order valence-corrected chi connectivity index (χ3v) is 3.81. The standard InChI is InChI=1S/C12H19N3O5S/c1-15-9(16)4-3-7(10(15)17)13-12(20)14-8(11(18)19)5-6-21-2/h7-8H,3-6H2,1-2H3,(H,18,19)(H2,13,14,20)/t7?,8-/m0/s1. The molecule has 2 atom stereocenters. The zero-order valence-electron chi connectivity index (χ0n) is 11.9. The number of urea groups is 1. The van der Waals surface area contributed by atoms with Crippen LogP contribution in [0, 0.1) is 0 Å². The second kappa shape index (κ2) is 7.87. The zero-order chi connectivity index (χ0) is 16.0. The van der Waals surface area contributed by atoms with Gasteiger partial charge in [0.1, 0.15) is 12.1 Å². The highest BCUT2D eigenvalue weighted by molar-refractivity contribution is 7.98. The molecule has 1 aliphatic rings. The van der Waals surface area contributed by atoms with Crippen LogP contribution in [-0.4, -0.2) is 65.0 Å². The lowest BCUT2D eigenvalue weighted by atomic mass is 10.1. The van der Waals surface area contributed by atoms with E-state index in [9.17, 15) is 19.2 Å². The molecule has 0 radical (unpaired) electrons. The maximum atomic E-state index is 11.8. The molecule has 1 aliphatic heterocycles. The van der Waals surface area contributed by atoms with Crippen LogP contribution in [0.2, 0.25) is 0 Å². The van der Waals surface area contributed by atoms with E-state index in [2.05, 4.69) is 10.6 Å². The van der Waals surface area contributed by atoms with Gasteiger partial charge in [-0.3, -0.25) is 14.5 Å². The van der Waals surface area contributed by atoms with E-state index in [1.165, 1.54) is 18.8 Å². The number of amides is 4. The number of hydrogen-bond acceptors (Lipinski definition) is 5. The summed E-state index contributed by atoms with van der Waals surface area (Å²) in [5.41, 5.74) is 0. The Hall–Kier alpha value is -1.77. The Morgan fingerprint density at radius 1 is 1.48 bits per heavy atom. The van der Waals surface area contributed by atoms with Gasteiger partial charge in [-0.25, -0.2) is 9.59 Å². The van der Waals surface area contributed by atoms with Crippen molar-refractivity contribution in [2.75, 3.05) is 19.1 Å². The molecule has 8 nitrogen and oxygen atoms in total. The molecule has 1 heterocycles. The second-order valence-electron chi connectivity index (χ2n) is 4.67. The Kier molecular flexibility index (Phi) is 6.47. The molecule has 0 aromatic carbocycles. The van der Waals surface area contributed by atoms with E-state index in [0.717, 1.165) is 4.90 Å². The maximum Gasteiger partial charge on any atom is 0.326 e. The number of carbonyl (C=O) groups excluding carboxylic acids is 3. The molecule has 4 amide bonds. The number of carboxylic acid groups (broad SMARTS) is 1. The predicted octanol–water partition coefficient (Wildman–Crippen LogP) is -0.361. The van der Waals surface area contributed by atoms with Gasteiger partial charge < -0.3 is 15.7 Å². The van der Waals surface area contributed by atoms with Gasteiger partial charge in [0.05, 0.1) is 0 Å². The van der Waals surface area contributed by atoms with Gasteiger partial charge in [-0.2, -0.15) is 11.8 Å². The first-order valence-electron chi connectivity index (χ1n) is 6.46. The summed E-state index contributed by atoms with van der Waals surface area (Å²) in [6, 6.07) is -2.53. The molecule has 1 rings (SSSR count). The summed E-state index contributed by atoms with van der Waals surface area (Å²) < 4.78 is 0. The molecule has 0 aliphatic carbocycles. The van der Waals surface area contributed by atoms with Crippen LogP contribution in [-0.2, 0) is 14.4 Å². The van der Waals surface area contributed by atoms with Crippen molar-refractivity contribution in [1.29, 1.82) is 0 Å². The van der Waals surface area contributed by atoms with Gasteiger partial charge in [0.15, 0.2) is 0 Å². The molecule has 0 aromatic heterocycles. The summed E-state index contributed by atoms with van der Waals surface area (Å²) in [4.78, 5) is 46.9. The minimum absolute atomic E-state index is 0.169. The Labute approximate surface area is 126 Å². The fourth-order valence-corrected chi connectivity index (χ4v) is 2.37. The Morgan fingerprint density at radius 3 is 2.71 bits per heavy atom. The molecule has 1 saturated heterocycles. The van der Waals surface area contributed by atoms with Crippen molar-refractivity contribution in [3.8, 4) is 0 Å². The number of rotatable bonds is 6. The largest absolute Gasteiger partial charge is 0.480 e. The van der Waals surface area contributed by atoms with E-state index in [0.29, 0.717) is 12.2 Å². The fourth-order valence-electron chi connectivity index (χ4n) is 1.90. The summed E-state index contributed by atoms with van der Waals surface area (Å²) in [6.45, 7) is 0. The first-order valence-corrected chi connectivity index (χ1v) is 7.85. The zero-order valence-corrected chi connectivity index (χ0v) is 12.7. The minimum Gasteiger partial charge on any atom is -0.480 e. The van der Waals surface area contributed by atoms with Crippen molar-refractivity contribution in [1.82, 2.24) is 15.5 Å². The van der Waals surface area contributed by atoms with Crippen LogP contribution in [0.3, 0.4) is 0 Å². The molecule has 1 fully saturated rings. The summed E-state index contributed by atoms with van der Waals surface area (Å²) >= 11 is 1.48. The van der Waals surface area contributed by atoms with Gasteiger partial charge >= 0.3 is 12.0 Å². The smallest absolute Gasteiger partial charge is 0.326 e. The Bertz CT molecular complexity index is 443. The average Bonchev–Trinajstić information content (AvgIpc) is 2.43. The fraction of sp³-hybridized carbons (Fsp3) is 0.667. The van der Waals surface area contributed by atoms with Crippen LogP contribution in [0.15, 0.2) is 0 Å². The number of likely N-dealkylation sites (N-methyl/N-ethyl adjacent to an activating group) is 1. The second-order valence-corrected chi connectivity index (χ2v) is 5.66. The number of nitrogens with one attached hydrogen (secondary N) is 2. The quantitative estimate of drug-likeness (QED) is 0.576. The van der Waals surface area contributed by atoms with Gasteiger partial charge in [0.2, 0.25) is 5.91 Å². The van der Waals surface area contributed by atoms with Crippen molar-refractivity contribution in [2.24, 2.45) is 0 Å². The van der Waals surface area contributed by atoms with Crippen LogP contribution in [0.25, 0.3) is 0 Å². The van der Waals surface area contributed by atoms with E-state index in [1.54, 1.807) is 0 Å². The first kappa shape index (κ1) is 17.3. The molecule has 0 bridgehead atoms. The van der Waals surface area contributed by atoms with E-state index in [4.69, 9.17) is 5.11 Å². The number of thioether (sulfide) groups is 1.